The molecule has 2 heterocycles. The zero-order valence-corrected chi connectivity index (χ0v) is 11.7. The van der Waals surface area contributed by atoms with E-state index < -0.39 is 15.4 Å². The molecular weight excluding hydrogens is 254 g/mol. The van der Waals surface area contributed by atoms with E-state index in [1.54, 1.807) is 6.92 Å². The highest BCUT2D eigenvalue weighted by Gasteiger charge is 2.42. The number of nitrogens with zero attached hydrogens (tertiary/aromatic N) is 1. The molecule has 7 heteroatoms. The summed E-state index contributed by atoms with van der Waals surface area (Å²) in [5.74, 6) is 0.198. The van der Waals surface area contributed by atoms with Crippen LogP contribution in [0, 0.1) is 0 Å². The summed E-state index contributed by atoms with van der Waals surface area (Å²) in [5.41, 5.74) is 5.61. The largest absolute Gasteiger partial charge is 0.393 e. The molecule has 1 unspecified atom stereocenters. The highest BCUT2D eigenvalue weighted by molar-refractivity contribution is 7.91. The third-order valence-corrected chi connectivity index (χ3v) is 5.44. The molecular formula is C11H19N3O3S. The van der Waals surface area contributed by atoms with E-state index in [1.165, 1.54) is 4.68 Å². The number of anilines is 1. The number of aromatic nitrogens is 2. The van der Waals surface area contributed by atoms with Crippen LogP contribution in [0.25, 0.3) is 0 Å². The molecule has 1 aliphatic rings. The average molecular weight is 273 g/mol. The normalized spacial score (nSPS) is 26.9. The van der Waals surface area contributed by atoms with E-state index >= 15 is 0 Å². The molecule has 0 saturated carbocycles. The van der Waals surface area contributed by atoms with Crippen molar-refractivity contribution in [3.8, 4) is 0 Å². The van der Waals surface area contributed by atoms with Crippen molar-refractivity contribution in [3.05, 3.63) is 16.0 Å². The zero-order valence-electron chi connectivity index (χ0n) is 10.9. The number of hydrogen-bond acceptors (Lipinski definition) is 4. The minimum absolute atomic E-state index is 0.0165. The van der Waals surface area contributed by atoms with Crippen LogP contribution in [0.15, 0.2) is 4.79 Å². The molecule has 1 atom stereocenters. The van der Waals surface area contributed by atoms with Gasteiger partial charge in [0.15, 0.2) is 9.84 Å². The van der Waals surface area contributed by atoms with Crippen molar-refractivity contribution in [2.45, 2.75) is 38.6 Å². The van der Waals surface area contributed by atoms with Gasteiger partial charge in [0.2, 0.25) is 0 Å². The van der Waals surface area contributed by atoms with Crippen LogP contribution in [0.2, 0.25) is 0 Å². The van der Waals surface area contributed by atoms with Crippen molar-refractivity contribution < 1.29 is 8.42 Å². The lowest BCUT2D eigenvalue weighted by atomic mass is 10.0. The van der Waals surface area contributed by atoms with E-state index in [0.29, 0.717) is 12.1 Å². The highest BCUT2D eigenvalue weighted by atomic mass is 32.2. The second kappa shape index (κ2) is 3.88. The van der Waals surface area contributed by atoms with Crippen molar-refractivity contribution in [1.29, 1.82) is 0 Å². The minimum atomic E-state index is -3.06. The Hall–Kier alpha value is -1.24. The summed E-state index contributed by atoms with van der Waals surface area (Å²) >= 11 is 0. The number of aromatic amines is 1. The molecule has 0 aromatic carbocycles. The fourth-order valence-electron chi connectivity index (χ4n) is 2.46. The molecule has 1 aliphatic heterocycles. The van der Waals surface area contributed by atoms with Gasteiger partial charge in [-0.05, 0) is 19.3 Å². The molecule has 0 radical (unpaired) electrons. The van der Waals surface area contributed by atoms with Crippen LogP contribution in [0.3, 0.4) is 0 Å². The topological polar surface area (TPSA) is 98.0 Å². The third-order valence-electron chi connectivity index (χ3n) is 3.56. The molecule has 1 aromatic rings. The maximum atomic E-state index is 12.1. The second-order valence-corrected chi connectivity index (χ2v) is 7.76. The van der Waals surface area contributed by atoms with Crippen molar-refractivity contribution >= 4 is 15.5 Å². The van der Waals surface area contributed by atoms with Gasteiger partial charge in [-0.25, -0.2) is 13.1 Å². The van der Waals surface area contributed by atoms with Gasteiger partial charge < -0.3 is 5.73 Å². The predicted octanol–water partition coefficient (Wildman–Crippen LogP) is 0.416. The van der Waals surface area contributed by atoms with Crippen LogP contribution in [0.1, 0.15) is 38.8 Å². The van der Waals surface area contributed by atoms with Crippen LogP contribution < -0.4 is 11.3 Å². The molecule has 1 saturated heterocycles. The number of rotatable bonds is 2. The van der Waals surface area contributed by atoms with E-state index in [1.807, 2.05) is 13.8 Å². The lowest BCUT2D eigenvalue weighted by Gasteiger charge is -2.22. The molecule has 1 fully saturated rings. The van der Waals surface area contributed by atoms with Gasteiger partial charge in [-0.1, -0.05) is 13.8 Å². The molecule has 3 N–H and O–H groups in total. The molecule has 0 aliphatic carbocycles. The summed E-state index contributed by atoms with van der Waals surface area (Å²) in [6, 6.07) is 0. The highest BCUT2D eigenvalue weighted by Crippen LogP contribution is 2.30. The number of nitrogen functional groups attached to an aromatic ring is 1. The maximum Gasteiger partial charge on any atom is 0.290 e. The Morgan fingerprint density at radius 3 is 2.44 bits per heavy atom. The monoisotopic (exact) mass is 273 g/mol. The number of nitrogens with one attached hydrogen (secondary N) is 1. The third kappa shape index (κ3) is 1.96. The van der Waals surface area contributed by atoms with Gasteiger partial charge in [-0.3, -0.25) is 9.89 Å². The maximum absolute atomic E-state index is 12.1. The fraction of sp³-hybridized carbons (Fsp3) is 0.727. The Labute approximate surface area is 106 Å². The molecule has 6 nitrogen and oxygen atoms in total. The number of H-pyrrole nitrogens is 1. The quantitative estimate of drug-likeness (QED) is 0.815. The van der Waals surface area contributed by atoms with Gasteiger partial charge in [0.05, 0.1) is 22.7 Å². The lowest BCUT2D eigenvalue weighted by molar-refractivity contribution is 0.317. The van der Waals surface area contributed by atoms with E-state index in [0.717, 1.165) is 0 Å². The van der Waals surface area contributed by atoms with Crippen LogP contribution >= 0.6 is 0 Å². The van der Waals surface area contributed by atoms with Crippen molar-refractivity contribution in [2.24, 2.45) is 0 Å². The lowest BCUT2D eigenvalue weighted by Crippen LogP contribution is -2.39. The molecule has 0 amide bonds. The van der Waals surface area contributed by atoms with Gasteiger partial charge in [0.1, 0.15) is 5.69 Å². The number of nitrogens with two attached hydrogens (primary N) is 1. The predicted molar refractivity (Wildman–Crippen MR) is 70.5 cm³/mol. The zero-order chi connectivity index (χ0) is 13.7. The average Bonchev–Trinajstić information content (AvgIpc) is 2.68. The first kappa shape index (κ1) is 13.2. The first-order chi connectivity index (χ1) is 8.16. The van der Waals surface area contributed by atoms with Crippen molar-refractivity contribution in [2.75, 3.05) is 17.2 Å². The van der Waals surface area contributed by atoms with Crippen LogP contribution in [-0.4, -0.2) is 29.7 Å². The van der Waals surface area contributed by atoms with Crippen molar-refractivity contribution in [3.63, 3.8) is 0 Å². The number of hydrogen-bond donors (Lipinski definition) is 2. The molecule has 18 heavy (non-hydrogen) atoms. The molecule has 102 valence electrons. The minimum Gasteiger partial charge on any atom is -0.393 e. The fourth-order valence-corrected chi connectivity index (χ4v) is 4.57. The van der Waals surface area contributed by atoms with E-state index in [2.05, 4.69) is 5.10 Å². The Kier molecular flexibility index (Phi) is 2.84. The van der Waals surface area contributed by atoms with E-state index in [4.69, 9.17) is 5.73 Å². The first-order valence-corrected chi connectivity index (χ1v) is 7.80. The van der Waals surface area contributed by atoms with E-state index in [9.17, 15) is 13.2 Å². The number of sulfone groups is 1. The summed E-state index contributed by atoms with van der Waals surface area (Å²) < 4.78 is 24.6. The molecule has 2 rings (SSSR count). The summed E-state index contributed by atoms with van der Waals surface area (Å²) in [4.78, 5) is 12.1. The standard InChI is InChI=1S/C11H19N3O3S/c1-7(2)9-8(12)10(15)14(13-9)11(3)4-5-18(16,17)6-11/h7,13H,4-6,12H2,1-3H3. The van der Waals surface area contributed by atoms with Crippen molar-refractivity contribution in [1.82, 2.24) is 9.78 Å². The Morgan fingerprint density at radius 1 is 1.44 bits per heavy atom. The van der Waals surface area contributed by atoms with Gasteiger partial charge >= 0.3 is 0 Å². The van der Waals surface area contributed by atoms with E-state index in [-0.39, 0.29) is 28.7 Å². The smallest absolute Gasteiger partial charge is 0.290 e. The van der Waals surface area contributed by atoms with Crippen LogP contribution in [0.4, 0.5) is 5.69 Å². The Balaban J connectivity index is 2.54. The van der Waals surface area contributed by atoms with Gasteiger partial charge in [-0.2, -0.15) is 0 Å². The Bertz CT molecular complexity index is 626. The van der Waals surface area contributed by atoms with Gasteiger partial charge in [0, 0.05) is 0 Å². The SMILES string of the molecule is CC(C)c1[nH]n(C2(C)CCS(=O)(=O)C2)c(=O)c1N. The summed E-state index contributed by atoms with van der Waals surface area (Å²) in [6.07, 6.45) is 0.437. The van der Waals surface area contributed by atoms with Gasteiger partial charge in [0.25, 0.3) is 5.56 Å². The second-order valence-electron chi connectivity index (χ2n) is 5.57. The summed E-state index contributed by atoms with van der Waals surface area (Å²) in [6.45, 7) is 5.64. The molecule has 1 aromatic heterocycles. The van der Waals surface area contributed by atoms with Crippen LogP contribution in [0.5, 0.6) is 0 Å². The van der Waals surface area contributed by atoms with Gasteiger partial charge in [-0.15, -0.1) is 0 Å². The molecule has 0 bridgehead atoms. The summed E-state index contributed by atoms with van der Waals surface area (Å²) in [5, 5.41) is 2.98. The Morgan fingerprint density at radius 2 is 2.06 bits per heavy atom. The summed E-state index contributed by atoms with van der Waals surface area (Å²) in [7, 11) is -3.06. The molecule has 0 spiro atoms. The van der Waals surface area contributed by atoms with Crippen LogP contribution in [-0.2, 0) is 15.4 Å². The first-order valence-electron chi connectivity index (χ1n) is 5.97.